The third-order valence-electron chi connectivity index (χ3n) is 3.56. The summed E-state index contributed by atoms with van der Waals surface area (Å²) in [4.78, 5) is 12.3. The van der Waals surface area contributed by atoms with Gasteiger partial charge in [0.05, 0.1) is 13.2 Å². The van der Waals surface area contributed by atoms with E-state index in [1.54, 1.807) is 0 Å². The molecular formula is C17H25NO2. The van der Waals surface area contributed by atoms with Crippen molar-refractivity contribution in [2.45, 2.75) is 45.7 Å². The monoisotopic (exact) mass is 275 g/mol. The Kier molecular flexibility index (Phi) is 5.32. The molecule has 1 aliphatic heterocycles. The zero-order chi connectivity index (χ0) is 14.5. The fourth-order valence-electron chi connectivity index (χ4n) is 2.64. The van der Waals surface area contributed by atoms with Crippen LogP contribution in [0.2, 0.25) is 0 Å². The van der Waals surface area contributed by atoms with E-state index >= 15 is 0 Å². The molecule has 0 aliphatic carbocycles. The van der Waals surface area contributed by atoms with E-state index in [-0.39, 0.29) is 11.8 Å². The molecule has 1 aromatic rings. The SMILES string of the molecule is CC(C)Cc1ccc(C(=O)CC2COCC(C)N2)cc1. The van der Waals surface area contributed by atoms with Crippen LogP contribution >= 0.6 is 0 Å². The van der Waals surface area contributed by atoms with Gasteiger partial charge < -0.3 is 10.1 Å². The smallest absolute Gasteiger partial charge is 0.164 e. The van der Waals surface area contributed by atoms with Crippen LogP contribution in [-0.2, 0) is 11.2 Å². The average Bonchev–Trinajstić information content (AvgIpc) is 2.38. The summed E-state index contributed by atoms with van der Waals surface area (Å²) in [5.74, 6) is 0.831. The highest BCUT2D eigenvalue weighted by atomic mass is 16.5. The first kappa shape index (κ1) is 15.2. The number of rotatable bonds is 5. The third-order valence-corrected chi connectivity index (χ3v) is 3.56. The van der Waals surface area contributed by atoms with Crippen LogP contribution in [0.25, 0.3) is 0 Å². The maximum atomic E-state index is 12.3. The molecule has 0 amide bonds. The fraction of sp³-hybridized carbons (Fsp3) is 0.588. The van der Waals surface area contributed by atoms with Crippen LogP contribution in [-0.4, -0.2) is 31.1 Å². The van der Waals surface area contributed by atoms with Gasteiger partial charge in [0.1, 0.15) is 0 Å². The molecule has 20 heavy (non-hydrogen) atoms. The summed E-state index contributed by atoms with van der Waals surface area (Å²) in [5.41, 5.74) is 2.10. The highest BCUT2D eigenvalue weighted by Gasteiger charge is 2.21. The molecule has 2 atom stereocenters. The van der Waals surface area contributed by atoms with Gasteiger partial charge >= 0.3 is 0 Å². The summed E-state index contributed by atoms with van der Waals surface area (Å²) in [6.07, 6.45) is 1.57. The first-order chi connectivity index (χ1) is 9.54. The molecule has 0 bridgehead atoms. The number of hydrogen-bond acceptors (Lipinski definition) is 3. The molecule has 1 heterocycles. The summed E-state index contributed by atoms with van der Waals surface area (Å²) in [5, 5.41) is 3.41. The van der Waals surface area contributed by atoms with Gasteiger partial charge in [-0.15, -0.1) is 0 Å². The molecule has 0 radical (unpaired) electrons. The molecule has 0 spiro atoms. The quantitative estimate of drug-likeness (QED) is 0.840. The predicted octanol–water partition coefficient (Wildman–Crippen LogP) is 2.83. The van der Waals surface area contributed by atoms with E-state index in [9.17, 15) is 4.79 Å². The van der Waals surface area contributed by atoms with E-state index in [1.165, 1.54) is 5.56 Å². The number of benzene rings is 1. The van der Waals surface area contributed by atoms with Gasteiger partial charge in [-0.2, -0.15) is 0 Å². The van der Waals surface area contributed by atoms with E-state index in [1.807, 2.05) is 12.1 Å². The lowest BCUT2D eigenvalue weighted by molar-refractivity contribution is 0.0463. The lowest BCUT2D eigenvalue weighted by atomic mass is 9.98. The van der Waals surface area contributed by atoms with E-state index in [0.717, 1.165) is 18.6 Å². The molecule has 1 aliphatic rings. The van der Waals surface area contributed by atoms with Crippen molar-refractivity contribution in [3.05, 3.63) is 35.4 Å². The highest BCUT2D eigenvalue weighted by Crippen LogP contribution is 2.13. The molecule has 1 saturated heterocycles. The highest BCUT2D eigenvalue weighted by molar-refractivity contribution is 5.96. The Morgan fingerprint density at radius 3 is 2.60 bits per heavy atom. The lowest BCUT2D eigenvalue weighted by Crippen LogP contribution is -2.48. The van der Waals surface area contributed by atoms with E-state index < -0.39 is 0 Å². The molecule has 3 nitrogen and oxygen atoms in total. The molecule has 1 N–H and O–H groups in total. The molecule has 110 valence electrons. The second-order valence-electron chi connectivity index (χ2n) is 6.22. The average molecular weight is 275 g/mol. The Hall–Kier alpha value is -1.19. The largest absolute Gasteiger partial charge is 0.378 e. The Balaban J connectivity index is 1.91. The number of ketones is 1. The van der Waals surface area contributed by atoms with Crippen molar-refractivity contribution in [2.24, 2.45) is 5.92 Å². The summed E-state index contributed by atoms with van der Waals surface area (Å²) in [7, 11) is 0. The Labute approximate surface area is 121 Å². The van der Waals surface area contributed by atoms with Crippen molar-refractivity contribution in [3.63, 3.8) is 0 Å². The molecule has 2 unspecified atom stereocenters. The first-order valence-corrected chi connectivity index (χ1v) is 7.50. The molecule has 3 heteroatoms. The molecular weight excluding hydrogens is 250 g/mol. The van der Waals surface area contributed by atoms with Gasteiger partial charge in [0.2, 0.25) is 0 Å². The topological polar surface area (TPSA) is 38.3 Å². The van der Waals surface area contributed by atoms with Crippen LogP contribution in [0.3, 0.4) is 0 Å². The summed E-state index contributed by atoms with van der Waals surface area (Å²) < 4.78 is 5.48. The minimum Gasteiger partial charge on any atom is -0.378 e. The van der Waals surface area contributed by atoms with Gasteiger partial charge in [0, 0.05) is 24.1 Å². The summed E-state index contributed by atoms with van der Waals surface area (Å²) in [6.45, 7) is 7.84. The molecule has 1 aromatic carbocycles. The lowest BCUT2D eigenvalue weighted by Gasteiger charge is -2.28. The van der Waals surface area contributed by atoms with Crippen molar-refractivity contribution in [1.82, 2.24) is 5.32 Å². The molecule has 0 aromatic heterocycles. The fourth-order valence-corrected chi connectivity index (χ4v) is 2.64. The van der Waals surface area contributed by atoms with Crippen LogP contribution in [0.15, 0.2) is 24.3 Å². The molecule has 0 saturated carbocycles. The number of Topliss-reactive ketones (excluding diaryl/α,β-unsaturated/α-hetero) is 1. The summed E-state index contributed by atoms with van der Waals surface area (Å²) in [6, 6.07) is 8.51. The molecule has 1 fully saturated rings. The van der Waals surface area contributed by atoms with Gasteiger partial charge in [-0.3, -0.25) is 4.79 Å². The van der Waals surface area contributed by atoms with Crippen molar-refractivity contribution in [2.75, 3.05) is 13.2 Å². The standard InChI is InChI=1S/C17H25NO2/c1-12(2)8-14-4-6-15(7-5-14)17(19)9-16-11-20-10-13(3)18-16/h4-7,12-13,16,18H,8-11H2,1-3H3. The van der Waals surface area contributed by atoms with Crippen molar-refractivity contribution < 1.29 is 9.53 Å². The summed E-state index contributed by atoms with van der Waals surface area (Å²) >= 11 is 0. The molecule has 2 rings (SSSR count). The number of morpholine rings is 1. The van der Waals surface area contributed by atoms with Crippen LogP contribution in [0.5, 0.6) is 0 Å². The van der Waals surface area contributed by atoms with E-state index in [0.29, 0.717) is 25.0 Å². The first-order valence-electron chi connectivity index (χ1n) is 7.50. The third kappa shape index (κ3) is 4.43. The Bertz CT molecular complexity index is 439. The minimum atomic E-state index is 0.140. The Morgan fingerprint density at radius 1 is 1.30 bits per heavy atom. The van der Waals surface area contributed by atoms with E-state index in [4.69, 9.17) is 4.74 Å². The van der Waals surface area contributed by atoms with Crippen molar-refractivity contribution in [3.8, 4) is 0 Å². The zero-order valence-corrected chi connectivity index (χ0v) is 12.7. The van der Waals surface area contributed by atoms with Crippen LogP contribution in [0, 0.1) is 5.92 Å². The van der Waals surface area contributed by atoms with Crippen molar-refractivity contribution in [1.29, 1.82) is 0 Å². The number of ether oxygens (including phenoxy) is 1. The number of nitrogens with one attached hydrogen (secondary N) is 1. The van der Waals surface area contributed by atoms with Crippen LogP contribution in [0.4, 0.5) is 0 Å². The minimum absolute atomic E-state index is 0.140. The zero-order valence-electron chi connectivity index (χ0n) is 12.7. The Morgan fingerprint density at radius 2 is 2.00 bits per heavy atom. The van der Waals surface area contributed by atoms with Gasteiger partial charge in [-0.1, -0.05) is 38.1 Å². The van der Waals surface area contributed by atoms with Gasteiger partial charge in [0.15, 0.2) is 5.78 Å². The van der Waals surface area contributed by atoms with Crippen LogP contribution in [0.1, 0.15) is 43.1 Å². The van der Waals surface area contributed by atoms with Crippen molar-refractivity contribution >= 4 is 5.78 Å². The second kappa shape index (κ2) is 7.00. The van der Waals surface area contributed by atoms with Gasteiger partial charge in [-0.05, 0) is 24.8 Å². The van der Waals surface area contributed by atoms with Crippen LogP contribution < -0.4 is 5.32 Å². The second-order valence-corrected chi connectivity index (χ2v) is 6.22. The van der Waals surface area contributed by atoms with Gasteiger partial charge in [0.25, 0.3) is 0 Å². The maximum Gasteiger partial charge on any atom is 0.164 e. The normalized spacial score (nSPS) is 23.0. The number of hydrogen-bond donors (Lipinski definition) is 1. The predicted molar refractivity (Wildman–Crippen MR) is 81.1 cm³/mol. The van der Waals surface area contributed by atoms with E-state index in [2.05, 4.69) is 38.2 Å². The van der Waals surface area contributed by atoms with Gasteiger partial charge in [-0.25, -0.2) is 0 Å². The maximum absolute atomic E-state index is 12.3. The number of carbonyl (C=O) groups is 1. The number of carbonyl (C=O) groups excluding carboxylic acids is 1.